The molecule has 0 spiro atoms. The molecule has 0 saturated carbocycles. The maximum atomic E-state index is 13.0. The van der Waals surface area contributed by atoms with E-state index in [1.165, 1.54) is 0 Å². The minimum Gasteiger partial charge on any atom is -0.489 e. The first kappa shape index (κ1) is 15.0. The fraction of sp³-hybridized carbons (Fsp3) is 0.500. The lowest BCUT2D eigenvalue weighted by molar-refractivity contribution is -0.0263. The van der Waals surface area contributed by atoms with Crippen molar-refractivity contribution in [1.29, 1.82) is 0 Å². The second kappa shape index (κ2) is 5.69. The predicted molar refractivity (Wildman–Crippen MR) is 92.5 cm³/mol. The monoisotopic (exact) mass is 499 g/mol. The number of benzene rings is 1. The highest BCUT2D eigenvalue weighted by atomic mass is 127. The van der Waals surface area contributed by atoms with Crippen molar-refractivity contribution in [2.24, 2.45) is 0 Å². The van der Waals surface area contributed by atoms with E-state index in [0.29, 0.717) is 25.4 Å². The van der Waals surface area contributed by atoms with Crippen LogP contribution < -0.4 is 4.74 Å². The van der Waals surface area contributed by atoms with E-state index in [9.17, 15) is 4.79 Å². The third-order valence-corrected chi connectivity index (χ3v) is 5.37. The molecule has 0 N–H and O–H groups in total. The second-order valence-corrected chi connectivity index (χ2v) is 7.66. The summed E-state index contributed by atoms with van der Waals surface area (Å²) in [5.41, 5.74) is 0.131. The first-order valence-corrected chi connectivity index (χ1v) is 8.67. The van der Waals surface area contributed by atoms with Gasteiger partial charge in [-0.2, -0.15) is 0 Å². The molecule has 4 nitrogen and oxygen atoms in total. The molecule has 0 bridgehead atoms. The number of morpholine rings is 1. The number of hydrogen-bond acceptors (Lipinski definition) is 4. The molecule has 1 unspecified atom stereocenters. The zero-order valence-corrected chi connectivity index (χ0v) is 15.4. The summed E-state index contributed by atoms with van der Waals surface area (Å²) in [4.78, 5) is 15.2. The number of nitrogens with zero attached hydrogens (tertiary/aromatic N) is 1. The molecule has 1 fully saturated rings. The molecule has 2 aliphatic rings. The Kier molecular flexibility index (Phi) is 4.27. The number of carbonyl (C=O) groups excluding carboxylic acids is 1. The van der Waals surface area contributed by atoms with Gasteiger partial charge in [-0.15, -0.1) is 0 Å². The third-order valence-electron chi connectivity index (χ3n) is 3.95. The van der Waals surface area contributed by atoms with Crippen molar-refractivity contribution >= 4 is 51.0 Å². The van der Waals surface area contributed by atoms with Gasteiger partial charge in [-0.3, -0.25) is 9.69 Å². The summed E-state index contributed by atoms with van der Waals surface area (Å²) < 4.78 is 13.4. The topological polar surface area (TPSA) is 38.8 Å². The van der Waals surface area contributed by atoms with Crippen molar-refractivity contribution in [3.05, 3.63) is 24.8 Å². The molecule has 108 valence electrons. The molecule has 2 aliphatic heterocycles. The number of carbonyl (C=O) groups is 1. The van der Waals surface area contributed by atoms with Gasteiger partial charge in [0.2, 0.25) is 0 Å². The summed E-state index contributed by atoms with van der Waals surface area (Å²) >= 11 is 4.47. The summed E-state index contributed by atoms with van der Waals surface area (Å²) in [6.45, 7) is 5.31. The molecule has 0 amide bonds. The predicted octanol–water partition coefficient (Wildman–Crippen LogP) is 2.56. The van der Waals surface area contributed by atoms with E-state index in [0.717, 1.165) is 26.0 Å². The van der Waals surface area contributed by atoms with Crippen LogP contribution in [0.5, 0.6) is 5.75 Å². The fourth-order valence-electron chi connectivity index (χ4n) is 2.74. The lowest BCUT2D eigenvalue weighted by Crippen LogP contribution is -2.61. The molecule has 20 heavy (non-hydrogen) atoms. The third kappa shape index (κ3) is 2.48. The zero-order valence-electron chi connectivity index (χ0n) is 11.1. The van der Waals surface area contributed by atoms with E-state index in [1.807, 2.05) is 19.1 Å². The minimum atomic E-state index is -0.579. The van der Waals surface area contributed by atoms with E-state index >= 15 is 0 Å². The number of ketones is 1. The Bertz CT molecular complexity index is 558. The van der Waals surface area contributed by atoms with Crippen molar-refractivity contribution in [2.45, 2.75) is 12.5 Å². The van der Waals surface area contributed by atoms with Crippen LogP contribution >= 0.6 is 45.2 Å². The Morgan fingerprint density at radius 2 is 1.95 bits per heavy atom. The van der Waals surface area contributed by atoms with Gasteiger partial charge >= 0.3 is 0 Å². The smallest absolute Gasteiger partial charge is 0.190 e. The van der Waals surface area contributed by atoms with E-state index in [1.54, 1.807) is 0 Å². The number of hydrogen-bond donors (Lipinski definition) is 0. The summed E-state index contributed by atoms with van der Waals surface area (Å²) in [6.07, 6.45) is 0. The van der Waals surface area contributed by atoms with E-state index < -0.39 is 5.54 Å². The van der Waals surface area contributed by atoms with E-state index in [2.05, 4.69) is 50.1 Å². The highest BCUT2D eigenvalue weighted by molar-refractivity contribution is 14.1. The maximum absolute atomic E-state index is 13.0. The summed E-state index contributed by atoms with van der Waals surface area (Å²) in [5, 5.41) is 0. The number of Topliss-reactive ketones (excluding diaryl/α,β-unsaturated/α-hetero) is 1. The van der Waals surface area contributed by atoms with Gasteiger partial charge in [-0.05, 0) is 64.2 Å². The molecule has 2 heterocycles. The van der Waals surface area contributed by atoms with Crippen molar-refractivity contribution in [3.8, 4) is 5.75 Å². The Labute approximate surface area is 145 Å². The molecule has 0 aliphatic carbocycles. The first-order valence-electron chi connectivity index (χ1n) is 6.52. The van der Waals surface area contributed by atoms with Gasteiger partial charge in [0.15, 0.2) is 5.78 Å². The number of fused-ring (bicyclic) bond motifs is 1. The standard InChI is InChI=1S/C14H15I2NO3/c1-14(17-2-4-19-5-3-17)8-20-12-10(13(14)18)6-9(15)7-11(12)16/h6-7H,2-5,8H2,1H3. The van der Waals surface area contributed by atoms with Crippen LogP contribution in [-0.4, -0.2) is 49.1 Å². The molecular weight excluding hydrogens is 484 g/mol. The molecule has 0 radical (unpaired) electrons. The summed E-state index contributed by atoms with van der Waals surface area (Å²) in [6, 6.07) is 3.96. The van der Waals surface area contributed by atoms with Crippen molar-refractivity contribution in [2.75, 3.05) is 32.9 Å². The molecular formula is C14H15I2NO3. The highest BCUT2D eigenvalue weighted by Gasteiger charge is 2.45. The minimum absolute atomic E-state index is 0.164. The van der Waals surface area contributed by atoms with Crippen LogP contribution in [0.2, 0.25) is 0 Å². The van der Waals surface area contributed by atoms with Crippen LogP contribution in [0.4, 0.5) is 0 Å². The molecule has 1 aromatic carbocycles. The van der Waals surface area contributed by atoms with Gasteiger partial charge in [0.1, 0.15) is 17.9 Å². The van der Waals surface area contributed by atoms with Crippen molar-refractivity contribution < 1.29 is 14.3 Å². The van der Waals surface area contributed by atoms with Gasteiger partial charge < -0.3 is 9.47 Å². The number of halogens is 2. The highest BCUT2D eigenvalue weighted by Crippen LogP contribution is 2.37. The van der Waals surface area contributed by atoms with Crippen LogP contribution in [0.3, 0.4) is 0 Å². The SMILES string of the molecule is CC1(N2CCOCC2)COc2c(I)cc(I)cc2C1=O. The average Bonchev–Trinajstić information content (AvgIpc) is 2.44. The normalized spacial score (nSPS) is 27.1. The van der Waals surface area contributed by atoms with Gasteiger partial charge in [0.05, 0.1) is 22.3 Å². The zero-order chi connectivity index (χ0) is 14.3. The quantitative estimate of drug-likeness (QED) is 0.558. The molecule has 1 atom stereocenters. The maximum Gasteiger partial charge on any atom is 0.190 e. The Morgan fingerprint density at radius 3 is 2.65 bits per heavy atom. The molecule has 0 aromatic heterocycles. The van der Waals surface area contributed by atoms with Crippen LogP contribution in [0.25, 0.3) is 0 Å². The van der Waals surface area contributed by atoms with Crippen LogP contribution in [-0.2, 0) is 4.74 Å². The number of ether oxygens (including phenoxy) is 2. The van der Waals surface area contributed by atoms with E-state index in [4.69, 9.17) is 9.47 Å². The van der Waals surface area contributed by atoms with Gasteiger partial charge in [-0.25, -0.2) is 0 Å². The molecule has 6 heteroatoms. The van der Waals surface area contributed by atoms with Gasteiger partial charge in [0.25, 0.3) is 0 Å². The van der Waals surface area contributed by atoms with Gasteiger partial charge in [0, 0.05) is 16.7 Å². The van der Waals surface area contributed by atoms with Crippen LogP contribution in [0.1, 0.15) is 17.3 Å². The average molecular weight is 499 g/mol. The summed E-state index contributed by atoms with van der Waals surface area (Å²) in [5.74, 6) is 0.902. The van der Waals surface area contributed by atoms with Crippen LogP contribution in [0.15, 0.2) is 12.1 Å². The molecule has 3 rings (SSSR count). The Balaban J connectivity index is 1.99. The lowest BCUT2D eigenvalue weighted by Gasteiger charge is -2.44. The first-order chi connectivity index (χ1) is 9.52. The Morgan fingerprint density at radius 1 is 1.25 bits per heavy atom. The molecule has 1 aromatic rings. The fourth-order valence-corrected chi connectivity index (χ4v) is 4.74. The number of rotatable bonds is 1. The second-order valence-electron chi connectivity index (χ2n) is 5.26. The summed E-state index contributed by atoms with van der Waals surface area (Å²) in [7, 11) is 0. The van der Waals surface area contributed by atoms with Crippen molar-refractivity contribution in [1.82, 2.24) is 4.90 Å². The lowest BCUT2D eigenvalue weighted by atomic mass is 9.87. The van der Waals surface area contributed by atoms with E-state index in [-0.39, 0.29) is 5.78 Å². The van der Waals surface area contributed by atoms with Crippen molar-refractivity contribution in [3.63, 3.8) is 0 Å². The largest absolute Gasteiger partial charge is 0.489 e. The van der Waals surface area contributed by atoms with Gasteiger partial charge in [-0.1, -0.05) is 0 Å². The van der Waals surface area contributed by atoms with Crippen LogP contribution in [0, 0.1) is 7.14 Å². The Hall–Kier alpha value is 0.0700. The molecule has 1 saturated heterocycles.